The van der Waals surface area contributed by atoms with Gasteiger partial charge in [-0.15, -0.1) is 0 Å². The molecular formula is C18H16N2O2S. The summed E-state index contributed by atoms with van der Waals surface area (Å²) < 4.78 is 0. The standard InChI is InChI=1S/C18H16N2O2S/c1-11-5-3-6-12(2)16(11)19-18-20-17(22)15(23-18)10-13-7-4-8-14(21)9-13/h3-10,21H,1-2H3,(H,19,20,22). The molecule has 0 saturated carbocycles. The van der Waals surface area contributed by atoms with E-state index in [0.717, 1.165) is 22.4 Å². The van der Waals surface area contributed by atoms with E-state index >= 15 is 0 Å². The van der Waals surface area contributed by atoms with E-state index < -0.39 is 0 Å². The summed E-state index contributed by atoms with van der Waals surface area (Å²) in [6.45, 7) is 3.99. The largest absolute Gasteiger partial charge is 0.508 e. The van der Waals surface area contributed by atoms with E-state index in [4.69, 9.17) is 0 Å². The van der Waals surface area contributed by atoms with Crippen molar-refractivity contribution in [2.45, 2.75) is 13.8 Å². The van der Waals surface area contributed by atoms with Crippen molar-refractivity contribution in [1.29, 1.82) is 0 Å². The van der Waals surface area contributed by atoms with Gasteiger partial charge in [-0.2, -0.15) is 0 Å². The fourth-order valence-electron chi connectivity index (χ4n) is 2.33. The summed E-state index contributed by atoms with van der Waals surface area (Å²) in [5.41, 5.74) is 3.79. The molecule has 4 nitrogen and oxygen atoms in total. The minimum absolute atomic E-state index is 0.173. The number of nitrogens with one attached hydrogen (secondary N) is 1. The first-order valence-electron chi connectivity index (χ1n) is 7.18. The highest BCUT2D eigenvalue weighted by atomic mass is 32.2. The topological polar surface area (TPSA) is 61.7 Å². The van der Waals surface area contributed by atoms with E-state index in [-0.39, 0.29) is 11.7 Å². The van der Waals surface area contributed by atoms with Crippen LogP contribution in [0.25, 0.3) is 6.08 Å². The van der Waals surface area contributed by atoms with Crippen LogP contribution in [-0.4, -0.2) is 16.2 Å². The Balaban J connectivity index is 1.89. The van der Waals surface area contributed by atoms with E-state index in [1.807, 2.05) is 38.1 Å². The quantitative estimate of drug-likeness (QED) is 0.824. The second-order valence-electron chi connectivity index (χ2n) is 5.32. The lowest BCUT2D eigenvalue weighted by molar-refractivity contribution is -0.115. The number of aliphatic imine (C=N–C) groups is 1. The predicted molar refractivity (Wildman–Crippen MR) is 94.8 cm³/mol. The molecule has 0 aromatic heterocycles. The number of benzene rings is 2. The number of hydrogen-bond donors (Lipinski definition) is 2. The van der Waals surface area contributed by atoms with Gasteiger partial charge in [0, 0.05) is 0 Å². The maximum atomic E-state index is 12.1. The van der Waals surface area contributed by atoms with Crippen LogP contribution in [0.1, 0.15) is 16.7 Å². The van der Waals surface area contributed by atoms with Crippen molar-refractivity contribution < 1.29 is 9.90 Å². The average Bonchev–Trinajstić information content (AvgIpc) is 2.83. The molecule has 2 aromatic carbocycles. The first-order valence-corrected chi connectivity index (χ1v) is 7.99. The van der Waals surface area contributed by atoms with Crippen molar-refractivity contribution in [2.24, 2.45) is 4.99 Å². The molecule has 1 heterocycles. The lowest BCUT2D eigenvalue weighted by Gasteiger charge is -2.04. The van der Waals surface area contributed by atoms with Crippen LogP contribution in [-0.2, 0) is 4.79 Å². The number of carbonyl (C=O) groups excluding carboxylic acids is 1. The van der Waals surface area contributed by atoms with Gasteiger partial charge in [-0.05, 0) is 60.5 Å². The smallest absolute Gasteiger partial charge is 0.264 e. The fraction of sp³-hybridized carbons (Fsp3) is 0.111. The molecule has 0 unspecified atom stereocenters. The minimum Gasteiger partial charge on any atom is -0.508 e. The SMILES string of the molecule is Cc1cccc(C)c1N=C1NC(=O)C(=Cc2cccc(O)c2)S1. The molecule has 2 aromatic rings. The Bertz CT molecular complexity index is 820. The molecule has 1 aliphatic heterocycles. The minimum atomic E-state index is -0.177. The van der Waals surface area contributed by atoms with Gasteiger partial charge in [-0.1, -0.05) is 30.3 Å². The summed E-state index contributed by atoms with van der Waals surface area (Å²) in [5, 5.41) is 12.9. The zero-order valence-corrected chi connectivity index (χ0v) is 13.6. The predicted octanol–water partition coefficient (Wildman–Crippen LogP) is 3.90. The Hall–Kier alpha value is -2.53. The van der Waals surface area contributed by atoms with Crippen LogP contribution in [0.15, 0.2) is 52.4 Å². The summed E-state index contributed by atoms with van der Waals surface area (Å²) in [7, 11) is 0. The number of nitrogens with zero attached hydrogens (tertiary/aromatic N) is 1. The molecule has 3 rings (SSSR count). The first kappa shape index (κ1) is 15.4. The van der Waals surface area contributed by atoms with Gasteiger partial charge < -0.3 is 10.4 Å². The third-order valence-corrected chi connectivity index (χ3v) is 4.38. The van der Waals surface area contributed by atoms with Crippen LogP contribution in [0.3, 0.4) is 0 Å². The highest BCUT2D eigenvalue weighted by Crippen LogP contribution is 2.30. The zero-order valence-electron chi connectivity index (χ0n) is 12.8. The highest BCUT2D eigenvalue weighted by molar-refractivity contribution is 8.18. The van der Waals surface area contributed by atoms with Crippen molar-refractivity contribution >= 4 is 34.6 Å². The lowest BCUT2D eigenvalue weighted by Crippen LogP contribution is -2.19. The van der Waals surface area contributed by atoms with Crippen LogP contribution >= 0.6 is 11.8 Å². The van der Waals surface area contributed by atoms with Gasteiger partial charge in [0.2, 0.25) is 0 Å². The summed E-state index contributed by atoms with van der Waals surface area (Å²) in [5.74, 6) is -0.00416. The fourth-order valence-corrected chi connectivity index (χ4v) is 3.16. The third-order valence-electron chi connectivity index (χ3n) is 3.47. The second kappa shape index (κ2) is 6.30. The maximum Gasteiger partial charge on any atom is 0.264 e. The number of carbonyl (C=O) groups is 1. The lowest BCUT2D eigenvalue weighted by atomic mass is 10.1. The summed E-state index contributed by atoms with van der Waals surface area (Å²) in [6, 6.07) is 12.8. The van der Waals surface area contributed by atoms with Gasteiger partial charge >= 0.3 is 0 Å². The van der Waals surface area contributed by atoms with Gasteiger partial charge in [0.25, 0.3) is 5.91 Å². The van der Waals surface area contributed by atoms with E-state index in [1.165, 1.54) is 11.8 Å². The Morgan fingerprint density at radius 2 is 1.83 bits per heavy atom. The number of phenolic OH excluding ortho intramolecular Hbond substituents is 1. The van der Waals surface area contributed by atoms with Crippen LogP contribution in [0.4, 0.5) is 5.69 Å². The molecule has 2 N–H and O–H groups in total. The highest BCUT2D eigenvalue weighted by Gasteiger charge is 2.24. The molecule has 1 amide bonds. The number of phenols is 1. The van der Waals surface area contributed by atoms with Crippen molar-refractivity contribution in [2.75, 3.05) is 0 Å². The average molecular weight is 324 g/mol. The Morgan fingerprint density at radius 3 is 2.52 bits per heavy atom. The number of rotatable bonds is 2. The number of thioether (sulfide) groups is 1. The molecule has 0 radical (unpaired) electrons. The maximum absolute atomic E-state index is 12.1. The van der Waals surface area contributed by atoms with Crippen LogP contribution in [0.5, 0.6) is 5.75 Å². The first-order chi connectivity index (χ1) is 11.0. The van der Waals surface area contributed by atoms with Crippen LogP contribution in [0.2, 0.25) is 0 Å². The van der Waals surface area contributed by atoms with E-state index in [1.54, 1.807) is 24.3 Å². The molecule has 0 atom stereocenters. The van der Waals surface area contributed by atoms with Crippen molar-refractivity contribution in [1.82, 2.24) is 5.32 Å². The Morgan fingerprint density at radius 1 is 1.13 bits per heavy atom. The van der Waals surface area contributed by atoms with Gasteiger partial charge in [0.05, 0.1) is 10.6 Å². The molecule has 0 bridgehead atoms. The van der Waals surface area contributed by atoms with Crippen LogP contribution in [0, 0.1) is 13.8 Å². The molecule has 5 heteroatoms. The van der Waals surface area contributed by atoms with Gasteiger partial charge in [-0.3, -0.25) is 4.79 Å². The molecule has 23 heavy (non-hydrogen) atoms. The normalized spacial score (nSPS) is 17.7. The number of aryl methyl sites for hydroxylation is 2. The Labute approximate surface area is 139 Å². The number of amides is 1. The van der Waals surface area contributed by atoms with E-state index in [9.17, 15) is 9.90 Å². The van der Waals surface area contributed by atoms with Crippen LogP contribution < -0.4 is 5.32 Å². The number of aromatic hydroxyl groups is 1. The van der Waals surface area contributed by atoms with E-state index in [2.05, 4.69) is 10.3 Å². The molecule has 0 aliphatic carbocycles. The number of para-hydroxylation sites is 1. The molecule has 0 spiro atoms. The number of amidine groups is 1. The third kappa shape index (κ3) is 3.46. The van der Waals surface area contributed by atoms with E-state index in [0.29, 0.717) is 10.1 Å². The summed E-state index contributed by atoms with van der Waals surface area (Å²) >= 11 is 1.30. The zero-order chi connectivity index (χ0) is 16.4. The van der Waals surface area contributed by atoms with Gasteiger partial charge in [0.1, 0.15) is 5.75 Å². The summed E-state index contributed by atoms with van der Waals surface area (Å²) in [4.78, 5) is 17.2. The molecule has 1 fully saturated rings. The van der Waals surface area contributed by atoms with Gasteiger partial charge in [-0.25, -0.2) is 4.99 Å². The molecular weight excluding hydrogens is 308 g/mol. The second-order valence-corrected chi connectivity index (χ2v) is 6.35. The van der Waals surface area contributed by atoms with Gasteiger partial charge in [0.15, 0.2) is 5.17 Å². The molecule has 1 saturated heterocycles. The van der Waals surface area contributed by atoms with Crippen molar-refractivity contribution in [3.63, 3.8) is 0 Å². The van der Waals surface area contributed by atoms with Crippen molar-refractivity contribution in [3.8, 4) is 5.75 Å². The molecule has 116 valence electrons. The number of hydrogen-bond acceptors (Lipinski definition) is 4. The summed E-state index contributed by atoms with van der Waals surface area (Å²) in [6.07, 6.45) is 1.74. The van der Waals surface area contributed by atoms with Crippen molar-refractivity contribution in [3.05, 3.63) is 64.1 Å². The molecule has 1 aliphatic rings. The monoisotopic (exact) mass is 324 g/mol. The Kier molecular flexibility index (Phi) is 4.21.